The van der Waals surface area contributed by atoms with Crippen LogP contribution in [0.3, 0.4) is 0 Å². The van der Waals surface area contributed by atoms with Crippen molar-refractivity contribution in [2.75, 3.05) is 25.0 Å². The number of rotatable bonds is 7. The summed E-state index contributed by atoms with van der Waals surface area (Å²) in [5, 5.41) is 54.1. The number of carbonyl (C=O) groups excluding carboxylic acids is 2. The number of piperidine rings is 1. The van der Waals surface area contributed by atoms with Crippen molar-refractivity contribution < 1.29 is 49.3 Å². The maximum absolute atomic E-state index is 13.3. The third kappa shape index (κ3) is 4.51. The summed E-state index contributed by atoms with van der Waals surface area (Å²) in [6, 6.07) is 7.35. The van der Waals surface area contributed by atoms with Crippen LogP contribution < -0.4 is 5.32 Å². The number of fused-ring (bicyclic) bond motifs is 2. The molecule has 12 nitrogen and oxygen atoms in total. The van der Waals surface area contributed by atoms with Crippen molar-refractivity contribution in [1.82, 2.24) is 4.90 Å². The molecular formula is C26H32N2O10. The van der Waals surface area contributed by atoms with E-state index < -0.39 is 72.9 Å². The van der Waals surface area contributed by atoms with E-state index >= 15 is 0 Å². The lowest BCUT2D eigenvalue weighted by molar-refractivity contribution is -0.339. The smallest absolute Gasteiger partial charge is 0.259 e. The molecule has 5 rings (SSSR count). The predicted molar refractivity (Wildman–Crippen MR) is 130 cm³/mol. The summed E-state index contributed by atoms with van der Waals surface area (Å²) in [4.78, 5) is 27.5. The molecule has 4 heterocycles. The minimum Gasteiger partial charge on any atom is -0.471 e. The van der Waals surface area contributed by atoms with E-state index in [1.165, 1.54) is 12.3 Å². The van der Waals surface area contributed by atoms with Crippen LogP contribution >= 0.6 is 0 Å². The van der Waals surface area contributed by atoms with Gasteiger partial charge in [-0.05, 0) is 6.07 Å². The fourth-order valence-corrected chi connectivity index (χ4v) is 5.57. The number of aliphatic hydroxyl groups is 5. The zero-order valence-electron chi connectivity index (χ0n) is 20.6. The van der Waals surface area contributed by atoms with Crippen LogP contribution in [0.1, 0.15) is 18.4 Å². The number of β-amino-alcohol motifs (C(OH)–C–C–N with tert-alkyl or cyclic N) is 1. The number of ether oxygens (including phenoxy) is 3. The van der Waals surface area contributed by atoms with Gasteiger partial charge in [-0.1, -0.05) is 24.3 Å². The number of benzene rings is 1. The zero-order valence-corrected chi connectivity index (χ0v) is 20.6. The van der Waals surface area contributed by atoms with Crippen molar-refractivity contribution in [1.29, 1.82) is 0 Å². The molecule has 4 aliphatic heterocycles. The van der Waals surface area contributed by atoms with Crippen molar-refractivity contribution in [3.8, 4) is 0 Å². The van der Waals surface area contributed by atoms with E-state index in [0.29, 0.717) is 0 Å². The number of hydrogen-bond donors (Lipinski definition) is 6. The van der Waals surface area contributed by atoms with Crippen molar-refractivity contribution in [2.45, 2.75) is 55.4 Å². The van der Waals surface area contributed by atoms with Crippen LogP contribution in [-0.4, -0.2) is 98.9 Å². The number of nitrogens with zero attached hydrogens (tertiary/aromatic N) is 1. The number of imide groups is 1. The van der Waals surface area contributed by atoms with Crippen LogP contribution in [0.4, 0.5) is 5.69 Å². The molecule has 0 aromatic heterocycles. The molecule has 6 N–H and O–H groups in total. The largest absolute Gasteiger partial charge is 0.471 e. The van der Waals surface area contributed by atoms with Crippen LogP contribution in [0.15, 0.2) is 48.8 Å². The van der Waals surface area contributed by atoms with E-state index in [-0.39, 0.29) is 31.5 Å². The molecule has 0 spiro atoms. The fraction of sp³-hybridized carbons (Fsp3) is 0.538. The Kier molecular flexibility index (Phi) is 7.31. The number of para-hydroxylation sites is 1. The molecule has 0 unspecified atom stereocenters. The van der Waals surface area contributed by atoms with Crippen LogP contribution in [-0.2, 0) is 29.4 Å². The lowest BCUT2D eigenvalue weighted by Gasteiger charge is -2.44. The highest BCUT2D eigenvalue weighted by molar-refractivity contribution is 6.07. The Balaban J connectivity index is 1.29. The minimum atomic E-state index is -1.64. The number of likely N-dealkylation sites (tertiary alicyclic amines) is 1. The highest BCUT2D eigenvalue weighted by atomic mass is 16.8. The van der Waals surface area contributed by atoms with Gasteiger partial charge in [0, 0.05) is 49.0 Å². The van der Waals surface area contributed by atoms with E-state index in [4.69, 9.17) is 14.2 Å². The van der Waals surface area contributed by atoms with Gasteiger partial charge in [0.25, 0.3) is 5.91 Å². The van der Waals surface area contributed by atoms with Crippen molar-refractivity contribution in [2.24, 2.45) is 11.8 Å². The second-order valence-electron chi connectivity index (χ2n) is 10.1. The van der Waals surface area contributed by atoms with Gasteiger partial charge in [0.1, 0.15) is 30.0 Å². The van der Waals surface area contributed by atoms with Gasteiger partial charge >= 0.3 is 0 Å². The minimum absolute atomic E-state index is 0.0117. The van der Waals surface area contributed by atoms with Crippen molar-refractivity contribution >= 4 is 17.5 Å². The van der Waals surface area contributed by atoms with E-state index in [9.17, 15) is 35.1 Å². The zero-order chi connectivity index (χ0) is 27.2. The normalized spacial score (nSPS) is 38.6. The van der Waals surface area contributed by atoms with Crippen LogP contribution in [0, 0.1) is 11.8 Å². The van der Waals surface area contributed by atoms with Gasteiger partial charge in [0.2, 0.25) is 12.2 Å². The number of nitrogens with one attached hydrogen (secondary N) is 1. The first-order valence-electron chi connectivity index (χ1n) is 12.5. The van der Waals surface area contributed by atoms with Gasteiger partial charge < -0.3 is 45.1 Å². The topological polar surface area (TPSA) is 178 Å². The standard InChI is InChI=1S/C26H32N2O10/c1-2-13-14-9-19(30)28(8-7-26(35)12-27-17-6-4-3-5-16(17)26)23(34)15(14)11-36-24(13)38-25-22(33)21(32)20(31)18(10-29)37-25/h2-6,11,13-14,18,20-22,24-25,27,29,31-33,35H,1,7-10,12H2/t13-,14+,18-,20-,21+,22-,24+,25+,26+/m1/s1. The van der Waals surface area contributed by atoms with Crippen LogP contribution in [0.2, 0.25) is 0 Å². The Morgan fingerprint density at radius 2 is 1.92 bits per heavy atom. The molecule has 0 saturated carbocycles. The number of aliphatic hydroxyl groups excluding tert-OH is 4. The molecule has 0 bridgehead atoms. The summed E-state index contributed by atoms with van der Waals surface area (Å²) in [7, 11) is 0. The quantitative estimate of drug-likeness (QED) is 0.186. The summed E-state index contributed by atoms with van der Waals surface area (Å²) < 4.78 is 16.8. The lowest BCUT2D eigenvalue weighted by atomic mass is 9.78. The second kappa shape index (κ2) is 10.4. The molecule has 4 aliphatic rings. The first kappa shape index (κ1) is 26.8. The summed E-state index contributed by atoms with van der Waals surface area (Å²) in [5.74, 6) is -2.26. The summed E-state index contributed by atoms with van der Waals surface area (Å²) >= 11 is 0. The van der Waals surface area contributed by atoms with Gasteiger partial charge in [0.15, 0.2) is 6.29 Å². The average Bonchev–Trinajstić information content (AvgIpc) is 3.25. The molecule has 2 amide bonds. The number of carbonyl (C=O) groups is 2. The number of amides is 2. The summed E-state index contributed by atoms with van der Waals surface area (Å²) in [6.45, 7) is 3.45. The molecule has 206 valence electrons. The predicted octanol–water partition coefficient (Wildman–Crippen LogP) is -1.08. The van der Waals surface area contributed by atoms with Crippen molar-refractivity contribution in [3.63, 3.8) is 0 Å². The van der Waals surface area contributed by atoms with Gasteiger partial charge in [-0.15, -0.1) is 6.58 Å². The Morgan fingerprint density at radius 3 is 2.66 bits per heavy atom. The number of anilines is 1. The highest BCUT2D eigenvalue weighted by Crippen LogP contribution is 2.41. The summed E-state index contributed by atoms with van der Waals surface area (Å²) in [6.07, 6.45) is -5.77. The lowest BCUT2D eigenvalue weighted by Crippen LogP contribution is -2.60. The van der Waals surface area contributed by atoms with E-state index in [1.54, 1.807) is 0 Å². The molecule has 9 atom stereocenters. The third-order valence-corrected chi connectivity index (χ3v) is 7.83. The molecule has 1 aromatic rings. The second-order valence-corrected chi connectivity index (χ2v) is 10.1. The van der Waals surface area contributed by atoms with Gasteiger partial charge in [-0.25, -0.2) is 0 Å². The molecule has 12 heteroatoms. The highest BCUT2D eigenvalue weighted by Gasteiger charge is 2.50. The summed E-state index contributed by atoms with van der Waals surface area (Å²) in [5.41, 5.74) is 0.559. The molecule has 38 heavy (non-hydrogen) atoms. The molecule has 2 saturated heterocycles. The average molecular weight is 533 g/mol. The SMILES string of the molecule is C=C[C@H]1[C@H](O[C@@H]2O[C@H](CO)[C@@H](O)[C@H](O)[C@H]2O)OC=C2C(=O)N(CC[C@]3(O)CNc4ccccc43)C(=O)C[C@H]21. The van der Waals surface area contributed by atoms with Gasteiger partial charge in [-0.3, -0.25) is 14.5 Å². The van der Waals surface area contributed by atoms with Gasteiger partial charge in [-0.2, -0.15) is 0 Å². The Bertz CT molecular complexity index is 1130. The number of hydrogen-bond acceptors (Lipinski definition) is 11. The fourth-order valence-electron chi connectivity index (χ4n) is 5.57. The Hall–Kier alpha value is -2.84. The molecular weight excluding hydrogens is 500 g/mol. The van der Waals surface area contributed by atoms with Crippen LogP contribution in [0.5, 0.6) is 0 Å². The monoisotopic (exact) mass is 532 g/mol. The van der Waals surface area contributed by atoms with Crippen molar-refractivity contribution in [3.05, 3.63) is 54.3 Å². The van der Waals surface area contributed by atoms with E-state index in [2.05, 4.69) is 11.9 Å². The maximum atomic E-state index is 13.3. The first-order chi connectivity index (χ1) is 18.2. The maximum Gasteiger partial charge on any atom is 0.259 e. The Morgan fingerprint density at radius 1 is 1.16 bits per heavy atom. The third-order valence-electron chi connectivity index (χ3n) is 7.83. The molecule has 1 aromatic carbocycles. The van der Waals surface area contributed by atoms with Crippen LogP contribution in [0.25, 0.3) is 0 Å². The molecule has 2 fully saturated rings. The first-order valence-corrected chi connectivity index (χ1v) is 12.5. The van der Waals surface area contributed by atoms with Gasteiger partial charge in [0.05, 0.1) is 18.4 Å². The van der Waals surface area contributed by atoms with E-state index in [1.807, 2.05) is 24.3 Å². The Labute approximate surface area is 218 Å². The molecule has 0 aliphatic carbocycles. The molecule has 0 radical (unpaired) electrons. The van der Waals surface area contributed by atoms with E-state index in [0.717, 1.165) is 16.2 Å².